The number of aromatic nitrogens is 2. The number of amides is 1. The molecule has 0 spiro atoms. The number of H-pyrrole nitrogens is 1. The molecular weight excluding hydrogens is 314 g/mol. The van der Waals surface area contributed by atoms with E-state index in [4.69, 9.17) is 10.7 Å². The number of halogens is 1. The van der Waals surface area contributed by atoms with E-state index in [-0.39, 0.29) is 16.3 Å². The normalized spacial score (nSPS) is 23.0. The minimum absolute atomic E-state index is 0.160. The smallest absolute Gasteiger partial charge is 0.273 e. The number of aromatic amines is 1. The summed E-state index contributed by atoms with van der Waals surface area (Å²) in [4.78, 5) is 11.9. The van der Waals surface area contributed by atoms with Gasteiger partial charge in [-0.3, -0.25) is 9.89 Å². The van der Waals surface area contributed by atoms with Crippen LogP contribution in [0.3, 0.4) is 0 Å². The highest BCUT2D eigenvalue weighted by molar-refractivity contribution is 8.13. The predicted octanol–water partition coefficient (Wildman–Crippen LogP) is 2.20. The minimum atomic E-state index is -4.00. The molecule has 0 radical (unpaired) electrons. The molecule has 0 aliphatic heterocycles. The standard InChI is InChI=1S/C13H20ClN3O3S/c1-8-3-5-10(6-4-8)7-15-13(18)11-12(21(14,19)20)9(2)16-17-11/h8,10H,3-7H2,1-2H3,(H,15,18)(H,16,17). The fourth-order valence-corrected chi connectivity index (χ4v) is 4.07. The number of nitrogens with zero attached hydrogens (tertiary/aromatic N) is 1. The number of carbonyl (C=O) groups excluding carboxylic acids is 1. The van der Waals surface area contributed by atoms with Crippen molar-refractivity contribution in [1.29, 1.82) is 0 Å². The summed E-state index contributed by atoms with van der Waals surface area (Å²) in [6.07, 6.45) is 4.51. The molecule has 2 rings (SSSR count). The van der Waals surface area contributed by atoms with Crippen molar-refractivity contribution < 1.29 is 13.2 Å². The van der Waals surface area contributed by atoms with Gasteiger partial charge in [0.25, 0.3) is 15.0 Å². The summed E-state index contributed by atoms with van der Waals surface area (Å²) < 4.78 is 23.0. The van der Waals surface area contributed by atoms with E-state index in [0.717, 1.165) is 18.8 Å². The Bertz CT molecular complexity index is 619. The highest BCUT2D eigenvalue weighted by Gasteiger charge is 2.27. The van der Waals surface area contributed by atoms with Crippen LogP contribution in [0.4, 0.5) is 0 Å². The van der Waals surface area contributed by atoms with Crippen molar-refractivity contribution in [3.63, 3.8) is 0 Å². The Morgan fingerprint density at radius 2 is 2.00 bits per heavy atom. The van der Waals surface area contributed by atoms with E-state index < -0.39 is 15.0 Å². The first kappa shape index (κ1) is 16.3. The van der Waals surface area contributed by atoms with Crippen LogP contribution >= 0.6 is 10.7 Å². The lowest BCUT2D eigenvalue weighted by Crippen LogP contribution is -2.32. The lowest BCUT2D eigenvalue weighted by atomic mass is 9.83. The van der Waals surface area contributed by atoms with E-state index >= 15 is 0 Å². The third kappa shape index (κ3) is 3.97. The van der Waals surface area contributed by atoms with E-state index in [0.29, 0.717) is 12.5 Å². The average Bonchev–Trinajstić information content (AvgIpc) is 2.79. The SMILES string of the molecule is Cc1[nH]nc(C(=O)NCC2CCC(C)CC2)c1S(=O)(=O)Cl. The molecule has 1 aliphatic rings. The maximum absolute atomic E-state index is 12.1. The molecule has 8 heteroatoms. The van der Waals surface area contributed by atoms with Gasteiger partial charge in [0, 0.05) is 17.2 Å². The van der Waals surface area contributed by atoms with E-state index in [2.05, 4.69) is 22.4 Å². The van der Waals surface area contributed by atoms with E-state index in [1.54, 1.807) is 0 Å². The van der Waals surface area contributed by atoms with E-state index in [9.17, 15) is 13.2 Å². The summed E-state index contributed by atoms with van der Waals surface area (Å²) in [6, 6.07) is 0. The molecule has 1 saturated carbocycles. The van der Waals surface area contributed by atoms with Gasteiger partial charge in [-0.2, -0.15) is 5.10 Å². The Labute approximate surface area is 129 Å². The third-order valence-corrected chi connectivity index (χ3v) is 5.49. The number of hydrogen-bond acceptors (Lipinski definition) is 4. The summed E-state index contributed by atoms with van der Waals surface area (Å²) in [5.74, 6) is 0.692. The van der Waals surface area contributed by atoms with Gasteiger partial charge >= 0.3 is 0 Å². The molecule has 0 unspecified atom stereocenters. The maximum atomic E-state index is 12.1. The first-order valence-electron chi connectivity index (χ1n) is 7.07. The fourth-order valence-electron chi connectivity index (χ4n) is 2.73. The Balaban J connectivity index is 2.02. The third-order valence-electron chi connectivity index (χ3n) is 4.04. The van der Waals surface area contributed by atoms with Gasteiger partial charge in [0.1, 0.15) is 4.90 Å². The largest absolute Gasteiger partial charge is 0.350 e. The van der Waals surface area contributed by atoms with Gasteiger partial charge in [0.05, 0.1) is 5.69 Å². The van der Waals surface area contributed by atoms with Gasteiger partial charge in [-0.25, -0.2) is 8.42 Å². The number of nitrogens with one attached hydrogen (secondary N) is 2. The van der Waals surface area contributed by atoms with Crippen LogP contribution in [-0.4, -0.2) is 31.1 Å². The molecular formula is C13H20ClN3O3S. The average molecular weight is 334 g/mol. The second-order valence-corrected chi connectivity index (χ2v) is 8.30. The second kappa shape index (κ2) is 6.36. The predicted molar refractivity (Wildman–Crippen MR) is 79.8 cm³/mol. The van der Waals surface area contributed by atoms with Crippen molar-refractivity contribution in [2.45, 2.75) is 44.4 Å². The van der Waals surface area contributed by atoms with Gasteiger partial charge in [0.2, 0.25) is 0 Å². The zero-order valence-corrected chi connectivity index (χ0v) is 13.7. The first-order chi connectivity index (χ1) is 9.79. The molecule has 118 valence electrons. The van der Waals surface area contributed by atoms with Gasteiger partial charge in [-0.1, -0.05) is 19.8 Å². The lowest BCUT2D eigenvalue weighted by Gasteiger charge is -2.26. The zero-order valence-electron chi connectivity index (χ0n) is 12.1. The quantitative estimate of drug-likeness (QED) is 0.826. The van der Waals surface area contributed by atoms with Crippen molar-refractivity contribution in [2.75, 3.05) is 6.54 Å². The summed E-state index contributed by atoms with van der Waals surface area (Å²) >= 11 is 0. The topological polar surface area (TPSA) is 91.9 Å². The molecule has 2 N–H and O–H groups in total. The van der Waals surface area contributed by atoms with Crippen molar-refractivity contribution in [3.05, 3.63) is 11.4 Å². The van der Waals surface area contributed by atoms with Gasteiger partial charge < -0.3 is 5.32 Å². The number of aryl methyl sites for hydroxylation is 1. The van der Waals surface area contributed by atoms with Crippen LogP contribution in [0.25, 0.3) is 0 Å². The summed E-state index contributed by atoms with van der Waals surface area (Å²) in [5.41, 5.74) is 0.105. The van der Waals surface area contributed by atoms with Crippen molar-refractivity contribution >= 4 is 25.6 Å². The van der Waals surface area contributed by atoms with Crippen LogP contribution < -0.4 is 5.32 Å². The molecule has 0 saturated heterocycles. The van der Waals surface area contributed by atoms with Crippen molar-refractivity contribution in [3.8, 4) is 0 Å². The zero-order chi connectivity index (χ0) is 15.6. The Morgan fingerprint density at radius 3 is 2.57 bits per heavy atom. The van der Waals surface area contributed by atoms with E-state index in [1.165, 1.54) is 19.8 Å². The second-order valence-electron chi connectivity index (χ2n) is 5.80. The van der Waals surface area contributed by atoms with Crippen LogP contribution in [0.5, 0.6) is 0 Å². The van der Waals surface area contributed by atoms with Crippen LogP contribution in [0.15, 0.2) is 4.90 Å². The molecule has 1 fully saturated rings. The summed E-state index contributed by atoms with van der Waals surface area (Å²) in [7, 11) is 1.35. The molecule has 21 heavy (non-hydrogen) atoms. The van der Waals surface area contributed by atoms with Crippen LogP contribution in [0, 0.1) is 18.8 Å². The number of carbonyl (C=O) groups is 1. The molecule has 1 amide bonds. The van der Waals surface area contributed by atoms with Gasteiger partial charge in [0.15, 0.2) is 5.69 Å². The fraction of sp³-hybridized carbons (Fsp3) is 0.692. The van der Waals surface area contributed by atoms with Crippen molar-refractivity contribution in [2.24, 2.45) is 11.8 Å². The van der Waals surface area contributed by atoms with Gasteiger partial charge in [-0.15, -0.1) is 0 Å². The first-order valence-corrected chi connectivity index (χ1v) is 9.37. The highest BCUT2D eigenvalue weighted by Crippen LogP contribution is 2.28. The monoisotopic (exact) mass is 333 g/mol. The summed E-state index contributed by atoms with van der Waals surface area (Å²) in [6.45, 7) is 4.29. The Hall–Kier alpha value is -1.08. The maximum Gasteiger partial charge on any atom is 0.273 e. The van der Waals surface area contributed by atoms with Crippen molar-refractivity contribution in [1.82, 2.24) is 15.5 Å². The number of rotatable bonds is 4. The Kier molecular flexibility index (Phi) is 4.93. The minimum Gasteiger partial charge on any atom is -0.350 e. The van der Waals surface area contributed by atoms with Crippen LogP contribution in [0.2, 0.25) is 0 Å². The van der Waals surface area contributed by atoms with Gasteiger partial charge in [-0.05, 0) is 31.6 Å². The molecule has 1 aromatic rings. The van der Waals surface area contributed by atoms with E-state index in [1.807, 2.05) is 0 Å². The molecule has 1 aromatic heterocycles. The molecule has 0 aromatic carbocycles. The summed E-state index contributed by atoms with van der Waals surface area (Å²) in [5, 5.41) is 9.02. The van der Waals surface area contributed by atoms with Crippen LogP contribution in [0.1, 0.15) is 48.8 Å². The highest BCUT2D eigenvalue weighted by atomic mass is 35.7. The molecule has 0 atom stereocenters. The molecule has 0 bridgehead atoms. The molecule has 1 aliphatic carbocycles. The molecule has 6 nitrogen and oxygen atoms in total. The van der Waals surface area contributed by atoms with Crippen LogP contribution in [-0.2, 0) is 9.05 Å². The number of hydrogen-bond donors (Lipinski definition) is 2. The Morgan fingerprint density at radius 1 is 1.38 bits per heavy atom. The lowest BCUT2D eigenvalue weighted by molar-refractivity contribution is 0.0933. The molecule has 1 heterocycles.